The lowest BCUT2D eigenvalue weighted by atomic mass is 9.91. The second-order valence-electron chi connectivity index (χ2n) is 8.96. The van der Waals surface area contributed by atoms with E-state index in [1.807, 2.05) is 25.1 Å². The van der Waals surface area contributed by atoms with Crippen LogP contribution in [0.1, 0.15) is 59.9 Å². The van der Waals surface area contributed by atoms with Crippen LogP contribution in [0, 0.1) is 11.3 Å². The normalized spacial score (nSPS) is 15.1. The van der Waals surface area contributed by atoms with Gasteiger partial charge in [-0.3, -0.25) is 0 Å². The summed E-state index contributed by atoms with van der Waals surface area (Å²) in [5, 5.41) is 11.0. The molecule has 0 heterocycles. The minimum atomic E-state index is -3.51. The van der Waals surface area contributed by atoms with Crippen LogP contribution in [0.5, 0.6) is 5.75 Å². The Morgan fingerprint density at radius 1 is 1.21 bits per heavy atom. The van der Waals surface area contributed by atoms with Gasteiger partial charge in [0.25, 0.3) is 0 Å². The molecule has 1 aromatic carbocycles. The van der Waals surface area contributed by atoms with E-state index in [0.717, 1.165) is 6.42 Å². The highest BCUT2D eigenvalue weighted by Crippen LogP contribution is 2.28. The third-order valence-corrected chi connectivity index (χ3v) is 5.55. The van der Waals surface area contributed by atoms with Gasteiger partial charge in [0, 0.05) is 6.54 Å². The average Bonchev–Trinajstić information content (AvgIpc) is 2.61. The number of aliphatic hydroxyl groups is 1. The van der Waals surface area contributed by atoms with Crippen LogP contribution in [-0.4, -0.2) is 32.4 Å². The van der Waals surface area contributed by atoms with Crippen LogP contribution >= 0.6 is 0 Å². The van der Waals surface area contributed by atoms with Crippen molar-refractivity contribution in [1.82, 2.24) is 4.72 Å². The maximum Gasteiger partial charge on any atom is 0.215 e. The van der Waals surface area contributed by atoms with Gasteiger partial charge in [-0.25, -0.2) is 13.1 Å². The molecule has 0 bridgehead atoms. The van der Waals surface area contributed by atoms with Gasteiger partial charge >= 0.3 is 0 Å². The van der Waals surface area contributed by atoms with Crippen molar-refractivity contribution in [3.8, 4) is 5.75 Å². The Hall–Kier alpha value is -1.37. The fourth-order valence-electron chi connectivity index (χ4n) is 2.49. The summed E-state index contributed by atoms with van der Waals surface area (Å²) in [5.74, 6) is 0.971. The quantitative estimate of drug-likeness (QED) is 0.534. The second-order valence-corrected chi connectivity index (χ2v) is 10.8. The SMILES string of the molecule is CC[C@@](O)(CNS(=O)(=O)C/C=C/CC(C)(C)C)c1cccc(OCC(C)C)c1. The first-order valence-corrected chi connectivity index (χ1v) is 11.6. The molecule has 1 aromatic rings. The summed E-state index contributed by atoms with van der Waals surface area (Å²) in [7, 11) is -3.51. The van der Waals surface area contributed by atoms with Crippen LogP contribution in [-0.2, 0) is 15.6 Å². The van der Waals surface area contributed by atoms with Crippen molar-refractivity contribution in [2.75, 3.05) is 18.9 Å². The number of nitrogens with one attached hydrogen (secondary N) is 1. The molecule has 2 N–H and O–H groups in total. The van der Waals surface area contributed by atoms with E-state index in [0.29, 0.717) is 30.3 Å². The van der Waals surface area contributed by atoms with Crippen molar-refractivity contribution in [3.05, 3.63) is 42.0 Å². The summed E-state index contributed by atoms with van der Waals surface area (Å²) in [6.07, 6.45) is 4.74. The molecule has 0 saturated heterocycles. The van der Waals surface area contributed by atoms with Gasteiger partial charge in [-0.15, -0.1) is 0 Å². The van der Waals surface area contributed by atoms with E-state index in [4.69, 9.17) is 4.74 Å². The minimum absolute atomic E-state index is 0.0768. The Kier molecular flexibility index (Phi) is 9.18. The highest BCUT2D eigenvalue weighted by atomic mass is 32.2. The van der Waals surface area contributed by atoms with Crippen LogP contribution in [0.4, 0.5) is 0 Å². The maximum atomic E-state index is 12.3. The number of ether oxygens (including phenoxy) is 1. The molecule has 0 fully saturated rings. The molecule has 0 aliphatic carbocycles. The fraction of sp³-hybridized carbons (Fsp3) is 0.636. The Balaban J connectivity index is 2.77. The highest BCUT2D eigenvalue weighted by Gasteiger charge is 2.29. The largest absolute Gasteiger partial charge is 0.493 e. The van der Waals surface area contributed by atoms with Gasteiger partial charge in [0.2, 0.25) is 10.0 Å². The summed E-state index contributed by atoms with van der Waals surface area (Å²) in [6, 6.07) is 7.23. The minimum Gasteiger partial charge on any atom is -0.493 e. The number of hydrogen-bond donors (Lipinski definition) is 2. The lowest BCUT2D eigenvalue weighted by molar-refractivity contribution is 0.0377. The van der Waals surface area contributed by atoms with Gasteiger partial charge in [-0.05, 0) is 41.9 Å². The summed E-state index contributed by atoms with van der Waals surface area (Å²) >= 11 is 0. The van der Waals surface area contributed by atoms with Crippen molar-refractivity contribution in [1.29, 1.82) is 0 Å². The number of benzene rings is 1. The van der Waals surface area contributed by atoms with Crippen LogP contribution in [0.25, 0.3) is 0 Å². The van der Waals surface area contributed by atoms with Crippen LogP contribution in [0.2, 0.25) is 0 Å². The second kappa shape index (κ2) is 10.4. The number of hydrogen-bond acceptors (Lipinski definition) is 4. The molecule has 0 aliphatic rings. The predicted molar refractivity (Wildman–Crippen MR) is 116 cm³/mol. The van der Waals surface area contributed by atoms with Crippen LogP contribution in [0.15, 0.2) is 36.4 Å². The topological polar surface area (TPSA) is 75.6 Å². The molecular weight excluding hydrogens is 374 g/mol. The van der Waals surface area contributed by atoms with Crippen molar-refractivity contribution >= 4 is 10.0 Å². The van der Waals surface area contributed by atoms with Gasteiger partial charge < -0.3 is 9.84 Å². The molecule has 0 aliphatic heterocycles. The number of rotatable bonds is 11. The Morgan fingerprint density at radius 2 is 1.89 bits per heavy atom. The monoisotopic (exact) mass is 411 g/mol. The molecule has 0 amide bonds. The van der Waals surface area contributed by atoms with E-state index >= 15 is 0 Å². The number of sulfonamides is 1. The van der Waals surface area contributed by atoms with Crippen LogP contribution < -0.4 is 9.46 Å². The van der Waals surface area contributed by atoms with Crippen molar-refractivity contribution in [3.63, 3.8) is 0 Å². The molecule has 0 saturated carbocycles. The fourth-order valence-corrected chi connectivity index (χ4v) is 3.46. The van der Waals surface area contributed by atoms with Gasteiger partial charge in [-0.2, -0.15) is 0 Å². The molecule has 5 nitrogen and oxygen atoms in total. The van der Waals surface area contributed by atoms with Gasteiger partial charge in [0.15, 0.2) is 0 Å². The molecule has 160 valence electrons. The molecular formula is C22H37NO4S. The highest BCUT2D eigenvalue weighted by molar-refractivity contribution is 7.89. The zero-order valence-electron chi connectivity index (χ0n) is 18.2. The van der Waals surface area contributed by atoms with Gasteiger partial charge in [0.05, 0.1) is 12.4 Å². The van der Waals surface area contributed by atoms with E-state index in [-0.39, 0.29) is 17.7 Å². The Bertz CT molecular complexity index is 735. The third-order valence-electron chi connectivity index (χ3n) is 4.34. The maximum absolute atomic E-state index is 12.3. The lowest BCUT2D eigenvalue weighted by Gasteiger charge is -2.28. The summed E-state index contributed by atoms with van der Waals surface area (Å²) in [5.41, 5.74) is -0.527. The van der Waals surface area contributed by atoms with Crippen molar-refractivity contribution < 1.29 is 18.3 Å². The molecule has 0 spiro atoms. The first-order valence-electron chi connectivity index (χ1n) is 9.95. The van der Waals surface area contributed by atoms with Crippen molar-refractivity contribution in [2.45, 2.75) is 60.0 Å². The number of allylic oxidation sites excluding steroid dienone is 1. The summed E-state index contributed by atoms with van der Waals surface area (Å²) < 4.78 is 32.9. The third kappa shape index (κ3) is 9.22. The molecule has 0 radical (unpaired) electrons. The van der Waals surface area contributed by atoms with Gasteiger partial charge in [-0.1, -0.05) is 65.8 Å². The van der Waals surface area contributed by atoms with Crippen LogP contribution in [0.3, 0.4) is 0 Å². The molecule has 1 rings (SSSR count). The Morgan fingerprint density at radius 3 is 2.46 bits per heavy atom. The molecule has 0 aromatic heterocycles. The average molecular weight is 412 g/mol. The first-order chi connectivity index (χ1) is 12.9. The molecule has 6 heteroatoms. The smallest absolute Gasteiger partial charge is 0.215 e. The molecule has 0 unspecified atom stereocenters. The van der Waals surface area contributed by atoms with E-state index in [1.54, 1.807) is 18.2 Å². The van der Waals surface area contributed by atoms with E-state index in [2.05, 4.69) is 39.3 Å². The predicted octanol–water partition coefficient (Wildman–Crippen LogP) is 4.23. The van der Waals surface area contributed by atoms with Crippen molar-refractivity contribution in [2.24, 2.45) is 11.3 Å². The molecule has 1 atom stereocenters. The standard InChI is InChI=1S/C22H37NO4S/c1-7-22(24,19-11-10-12-20(15-19)27-16-18(2)3)17-23-28(25,26)14-9-8-13-21(4,5)6/h8-12,15,18,23-24H,7,13-14,16-17H2,1-6H3/b9-8+/t22-/m1/s1. The Labute approximate surface area is 171 Å². The van der Waals surface area contributed by atoms with E-state index in [9.17, 15) is 13.5 Å². The van der Waals surface area contributed by atoms with E-state index in [1.165, 1.54) is 0 Å². The molecule has 28 heavy (non-hydrogen) atoms. The van der Waals surface area contributed by atoms with Gasteiger partial charge in [0.1, 0.15) is 11.4 Å². The summed E-state index contributed by atoms with van der Waals surface area (Å²) in [6.45, 7) is 12.8. The van der Waals surface area contributed by atoms with E-state index < -0.39 is 15.6 Å². The zero-order valence-corrected chi connectivity index (χ0v) is 19.0. The zero-order chi connectivity index (χ0) is 21.4. The lowest BCUT2D eigenvalue weighted by Crippen LogP contribution is -2.41. The summed E-state index contributed by atoms with van der Waals surface area (Å²) in [4.78, 5) is 0. The first kappa shape index (κ1) is 24.7.